The lowest BCUT2D eigenvalue weighted by Crippen LogP contribution is -2.41. The molecule has 0 aromatic carbocycles. The fourth-order valence-electron chi connectivity index (χ4n) is 3.51. The molecule has 1 saturated heterocycles. The molecular weight excluding hydrogens is 410 g/mol. The second-order valence-electron chi connectivity index (χ2n) is 9.07. The van der Waals surface area contributed by atoms with E-state index in [0.29, 0.717) is 38.4 Å². The number of carbonyl (C=O) groups is 2. The fourth-order valence-corrected chi connectivity index (χ4v) is 4.76. The van der Waals surface area contributed by atoms with Crippen LogP contribution in [0.4, 0.5) is 10.6 Å². The van der Waals surface area contributed by atoms with E-state index in [1.165, 1.54) is 4.31 Å². The minimum atomic E-state index is -3.34. The number of nitrogens with zero attached hydrogens (tertiary/aromatic N) is 4. The molecule has 0 spiro atoms. The Hall–Kier alpha value is -2.14. The SMILES string of the molecule is CC(C)S(=O)(=O)N1CCn2nc(NC(=O)C3CCN(C(=O)OC(C)(C)C)C3)cc2C1. The molecule has 0 radical (unpaired) electrons. The van der Waals surface area contributed by atoms with E-state index < -0.39 is 27.0 Å². The number of hydrogen-bond donors (Lipinski definition) is 1. The van der Waals surface area contributed by atoms with E-state index in [9.17, 15) is 18.0 Å². The highest BCUT2D eigenvalue weighted by molar-refractivity contribution is 7.89. The third kappa shape index (κ3) is 4.94. The molecule has 0 aliphatic carbocycles. The standard InChI is InChI=1S/C19H31N5O5S/c1-13(2)30(27,28)23-8-9-24-15(12-23)10-16(21-24)20-17(25)14-6-7-22(11-14)18(26)29-19(3,4)5/h10,13-14H,6-9,11-12H2,1-5H3,(H,20,21,25). The van der Waals surface area contributed by atoms with Gasteiger partial charge in [0.15, 0.2) is 5.82 Å². The topological polar surface area (TPSA) is 114 Å². The molecule has 1 aromatic rings. The largest absolute Gasteiger partial charge is 0.444 e. The molecular formula is C19H31N5O5S. The minimum absolute atomic E-state index is 0.205. The maximum atomic E-state index is 12.6. The summed E-state index contributed by atoms with van der Waals surface area (Å²) in [6.45, 7) is 10.5. The van der Waals surface area contributed by atoms with Gasteiger partial charge in [-0.1, -0.05) is 0 Å². The van der Waals surface area contributed by atoms with Crippen molar-refractivity contribution in [3.05, 3.63) is 11.8 Å². The van der Waals surface area contributed by atoms with Crippen LogP contribution in [-0.4, -0.2) is 69.9 Å². The van der Waals surface area contributed by atoms with Crippen LogP contribution in [0, 0.1) is 5.92 Å². The number of amides is 2. The summed E-state index contributed by atoms with van der Waals surface area (Å²) in [7, 11) is -3.34. The van der Waals surface area contributed by atoms with E-state index in [4.69, 9.17) is 4.74 Å². The number of anilines is 1. The third-order valence-corrected chi connectivity index (χ3v) is 7.40. The predicted octanol–water partition coefficient (Wildman–Crippen LogP) is 1.63. The normalized spacial score (nSPS) is 20.3. The van der Waals surface area contributed by atoms with Crippen molar-refractivity contribution in [2.75, 3.05) is 25.0 Å². The van der Waals surface area contributed by atoms with E-state index in [2.05, 4.69) is 10.4 Å². The summed E-state index contributed by atoms with van der Waals surface area (Å²) in [5.74, 6) is -0.147. The van der Waals surface area contributed by atoms with Crippen LogP contribution in [0.3, 0.4) is 0 Å². The average Bonchev–Trinajstić information content (AvgIpc) is 3.26. The van der Waals surface area contributed by atoms with Gasteiger partial charge in [0.05, 0.1) is 30.0 Å². The molecule has 30 heavy (non-hydrogen) atoms. The Morgan fingerprint density at radius 1 is 1.23 bits per heavy atom. The van der Waals surface area contributed by atoms with Gasteiger partial charge in [-0.2, -0.15) is 9.40 Å². The van der Waals surface area contributed by atoms with E-state index in [-0.39, 0.29) is 18.4 Å². The van der Waals surface area contributed by atoms with E-state index >= 15 is 0 Å². The number of rotatable bonds is 4. The lowest BCUT2D eigenvalue weighted by atomic mass is 10.1. The first-order valence-corrected chi connectivity index (χ1v) is 11.7. The summed E-state index contributed by atoms with van der Waals surface area (Å²) in [5, 5.41) is 6.71. The number of fused-ring (bicyclic) bond motifs is 1. The summed E-state index contributed by atoms with van der Waals surface area (Å²) in [6, 6.07) is 1.71. The Morgan fingerprint density at radius 2 is 1.93 bits per heavy atom. The molecule has 1 unspecified atom stereocenters. The van der Waals surface area contributed by atoms with Crippen molar-refractivity contribution in [2.45, 2.75) is 65.0 Å². The fraction of sp³-hybridized carbons (Fsp3) is 0.737. The van der Waals surface area contributed by atoms with Gasteiger partial charge in [-0.05, 0) is 41.0 Å². The van der Waals surface area contributed by atoms with E-state index in [1.807, 2.05) is 0 Å². The number of likely N-dealkylation sites (tertiary alicyclic amines) is 1. The molecule has 1 aromatic heterocycles. The van der Waals surface area contributed by atoms with Crippen molar-refractivity contribution in [1.82, 2.24) is 19.0 Å². The van der Waals surface area contributed by atoms with Gasteiger partial charge in [-0.25, -0.2) is 13.2 Å². The predicted molar refractivity (Wildman–Crippen MR) is 111 cm³/mol. The molecule has 1 N–H and O–H groups in total. The average molecular weight is 442 g/mol. The maximum Gasteiger partial charge on any atom is 0.410 e. The van der Waals surface area contributed by atoms with Gasteiger partial charge in [0.2, 0.25) is 15.9 Å². The second kappa shape index (κ2) is 8.18. The van der Waals surface area contributed by atoms with Crippen LogP contribution >= 0.6 is 0 Å². The van der Waals surface area contributed by atoms with Crippen molar-refractivity contribution in [3.63, 3.8) is 0 Å². The Labute approximate surface area is 177 Å². The molecule has 1 fully saturated rings. The second-order valence-corrected chi connectivity index (χ2v) is 11.6. The molecule has 10 nitrogen and oxygen atoms in total. The Kier molecular flexibility index (Phi) is 6.15. The van der Waals surface area contributed by atoms with E-state index in [0.717, 1.165) is 5.69 Å². The molecule has 3 rings (SSSR count). The number of hydrogen-bond acceptors (Lipinski definition) is 6. The van der Waals surface area contributed by atoms with Crippen LogP contribution in [-0.2, 0) is 32.6 Å². The lowest BCUT2D eigenvalue weighted by molar-refractivity contribution is -0.119. The summed E-state index contributed by atoms with van der Waals surface area (Å²) >= 11 is 0. The molecule has 2 aliphatic heterocycles. The van der Waals surface area contributed by atoms with Gasteiger partial charge < -0.3 is 15.0 Å². The Bertz CT molecular complexity index is 918. The van der Waals surface area contributed by atoms with Crippen LogP contribution in [0.15, 0.2) is 6.07 Å². The van der Waals surface area contributed by atoms with Gasteiger partial charge in [0.1, 0.15) is 5.60 Å². The molecule has 168 valence electrons. The van der Waals surface area contributed by atoms with Gasteiger partial charge in [-0.3, -0.25) is 9.48 Å². The monoisotopic (exact) mass is 441 g/mol. The molecule has 3 heterocycles. The number of nitrogens with one attached hydrogen (secondary N) is 1. The minimum Gasteiger partial charge on any atom is -0.444 e. The first kappa shape index (κ1) is 22.5. The highest BCUT2D eigenvalue weighted by atomic mass is 32.2. The van der Waals surface area contributed by atoms with Crippen LogP contribution in [0.5, 0.6) is 0 Å². The highest BCUT2D eigenvalue weighted by Crippen LogP contribution is 2.23. The molecule has 2 aliphatic rings. The van der Waals surface area contributed by atoms with Gasteiger partial charge in [0, 0.05) is 25.7 Å². The first-order valence-electron chi connectivity index (χ1n) is 10.2. The van der Waals surface area contributed by atoms with Gasteiger partial charge >= 0.3 is 6.09 Å². The molecule has 1 atom stereocenters. The Balaban J connectivity index is 1.59. The number of carbonyl (C=O) groups excluding carboxylic acids is 2. The van der Waals surface area contributed by atoms with Crippen molar-refractivity contribution < 1.29 is 22.7 Å². The zero-order valence-corrected chi connectivity index (χ0v) is 19.0. The highest BCUT2D eigenvalue weighted by Gasteiger charge is 2.34. The summed E-state index contributed by atoms with van der Waals surface area (Å²) in [6.07, 6.45) is 0.140. The first-order chi connectivity index (χ1) is 13.9. The molecule has 2 amide bonds. The maximum absolute atomic E-state index is 12.6. The number of aromatic nitrogens is 2. The summed E-state index contributed by atoms with van der Waals surface area (Å²) < 4.78 is 33.4. The zero-order chi connectivity index (χ0) is 22.3. The van der Waals surface area contributed by atoms with Crippen molar-refractivity contribution >= 4 is 27.8 Å². The van der Waals surface area contributed by atoms with Crippen molar-refractivity contribution in [1.29, 1.82) is 0 Å². The van der Waals surface area contributed by atoms with Gasteiger partial charge in [0.25, 0.3) is 0 Å². The van der Waals surface area contributed by atoms with Crippen LogP contribution in [0.1, 0.15) is 46.7 Å². The number of ether oxygens (including phenoxy) is 1. The quantitative estimate of drug-likeness (QED) is 0.760. The third-order valence-electron chi connectivity index (χ3n) is 5.18. The molecule has 11 heteroatoms. The zero-order valence-electron chi connectivity index (χ0n) is 18.2. The molecule has 0 bridgehead atoms. The molecule has 0 saturated carbocycles. The van der Waals surface area contributed by atoms with Crippen molar-refractivity contribution in [3.8, 4) is 0 Å². The lowest BCUT2D eigenvalue weighted by Gasteiger charge is -2.28. The van der Waals surface area contributed by atoms with Crippen LogP contribution in [0.2, 0.25) is 0 Å². The smallest absolute Gasteiger partial charge is 0.410 e. The summed E-state index contributed by atoms with van der Waals surface area (Å²) in [5.41, 5.74) is 0.159. The van der Waals surface area contributed by atoms with Crippen LogP contribution in [0.25, 0.3) is 0 Å². The Morgan fingerprint density at radius 3 is 2.57 bits per heavy atom. The van der Waals surface area contributed by atoms with E-state index in [1.54, 1.807) is 50.3 Å². The number of sulfonamides is 1. The summed E-state index contributed by atoms with van der Waals surface area (Å²) in [4.78, 5) is 26.4. The van der Waals surface area contributed by atoms with Crippen molar-refractivity contribution in [2.24, 2.45) is 5.92 Å². The van der Waals surface area contributed by atoms with Crippen LogP contribution < -0.4 is 5.32 Å². The van der Waals surface area contributed by atoms with Gasteiger partial charge in [-0.15, -0.1) is 0 Å².